The van der Waals surface area contributed by atoms with Gasteiger partial charge in [0, 0.05) is 11.6 Å². The maximum atomic E-state index is 12.6. The van der Waals surface area contributed by atoms with Crippen molar-refractivity contribution < 1.29 is 19.2 Å². The Labute approximate surface area is 167 Å². The van der Waals surface area contributed by atoms with Crippen LogP contribution in [0.4, 0.5) is 0 Å². The zero-order chi connectivity index (χ0) is 19.8. The van der Waals surface area contributed by atoms with Gasteiger partial charge in [-0.15, -0.1) is 0 Å². The fourth-order valence-electron chi connectivity index (χ4n) is 3.39. The lowest BCUT2D eigenvalue weighted by atomic mass is 10.0. The average Bonchev–Trinajstić information content (AvgIpc) is 2.73. The van der Waals surface area contributed by atoms with Crippen molar-refractivity contribution in [3.05, 3.63) is 71.3 Å². The van der Waals surface area contributed by atoms with E-state index in [1.807, 2.05) is 24.3 Å². The number of rotatable bonds is 7. The third-order valence-electron chi connectivity index (χ3n) is 5.04. The van der Waals surface area contributed by atoms with Gasteiger partial charge in [0.25, 0.3) is 0 Å². The van der Waals surface area contributed by atoms with Gasteiger partial charge >= 0.3 is 0 Å². The number of aryl methyl sites for hydroxylation is 1. The molecule has 0 aliphatic carbocycles. The molecule has 1 heterocycles. The first-order valence-electron chi connectivity index (χ1n) is 9.75. The number of amides is 1. The van der Waals surface area contributed by atoms with Gasteiger partial charge in [0.1, 0.15) is 31.4 Å². The van der Waals surface area contributed by atoms with E-state index < -0.39 is 0 Å². The minimum atomic E-state index is -0.107. The number of quaternary nitrogens is 1. The molecule has 5 nitrogen and oxygen atoms in total. The van der Waals surface area contributed by atoms with Gasteiger partial charge in [-0.2, -0.15) is 0 Å². The Bertz CT molecular complexity index is 796. The summed E-state index contributed by atoms with van der Waals surface area (Å²) in [5.41, 5.74) is 3.22. The number of morpholine rings is 1. The number of hydrogen-bond donors (Lipinski definition) is 2. The van der Waals surface area contributed by atoms with Gasteiger partial charge in [0.2, 0.25) is 5.91 Å². The second kappa shape index (κ2) is 10.1. The maximum absolute atomic E-state index is 12.6. The number of benzene rings is 2. The van der Waals surface area contributed by atoms with Crippen LogP contribution < -0.4 is 15.0 Å². The topological polar surface area (TPSA) is 52.0 Å². The number of carbonyl (C=O) groups is 1. The van der Waals surface area contributed by atoms with Crippen LogP contribution in [0.25, 0.3) is 6.08 Å². The molecule has 0 radical (unpaired) electrons. The zero-order valence-electron chi connectivity index (χ0n) is 16.6. The summed E-state index contributed by atoms with van der Waals surface area (Å²) in [6.45, 7) is 6.40. The van der Waals surface area contributed by atoms with E-state index in [4.69, 9.17) is 9.47 Å². The van der Waals surface area contributed by atoms with E-state index in [0.29, 0.717) is 0 Å². The molecule has 2 aromatic rings. The number of ether oxygens (including phenoxy) is 2. The molecule has 0 spiro atoms. The van der Waals surface area contributed by atoms with Crippen LogP contribution in [0.5, 0.6) is 5.75 Å². The first kappa shape index (κ1) is 20.1. The number of nitrogens with one attached hydrogen (secondary N) is 2. The molecule has 1 aliphatic heterocycles. The minimum absolute atomic E-state index is 0.0384. The van der Waals surface area contributed by atoms with Crippen molar-refractivity contribution in [2.24, 2.45) is 0 Å². The highest BCUT2D eigenvalue weighted by Crippen LogP contribution is 2.19. The van der Waals surface area contributed by atoms with Crippen LogP contribution in [0.2, 0.25) is 0 Å². The summed E-state index contributed by atoms with van der Waals surface area (Å²) < 4.78 is 10.8. The average molecular weight is 381 g/mol. The predicted molar refractivity (Wildman–Crippen MR) is 110 cm³/mol. The summed E-state index contributed by atoms with van der Waals surface area (Å²) in [7, 11) is 1.63. The van der Waals surface area contributed by atoms with Crippen LogP contribution in [0.1, 0.15) is 22.7 Å². The monoisotopic (exact) mass is 381 g/mol. The summed E-state index contributed by atoms with van der Waals surface area (Å²) in [6.07, 6.45) is 3.37. The summed E-state index contributed by atoms with van der Waals surface area (Å²) in [5, 5.41) is 3.18. The molecule has 3 rings (SSSR count). The van der Waals surface area contributed by atoms with E-state index in [1.165, 1.54) is 10.5 Å². The second-order valence-electron chi connectivity index (χ2n) is 7.11. The molecule has 1 atom stereocenters. The number of carbonyl (C=O) groups excluding carboxylic acids is 1. The Balaban J connectivity index is 1.71. The van der Waals surface area contributed by atoms with Gasteiger partial charge in [-0.05, 0) is 24.6 Å². The second-order valence-corrected chi connectivity index (χ2v) is 7.11. The summed E-state index contributed by atoms with van der Waals surface area (Å²) in [6, 6.07) is 16.0. The van der Waals surface area contributed by atoms with E-state index in [-0.39, 0.29) is 11.9 Å². The first-order chi connectivity index (χ1) is 13.7. The third kappa shape index (κ3) is 5.68. The molecule has 1 aliphatic rings. The van der Waals surface area contributed by atoms with Gasteiger partial charge in [-0.1, -0.05) is 48.0 Å². The van der Waals surface area contributed by atoms with Crippen LogP contribution in [0.15, 0.2) is 54.6 Å². The van der Waals surface area contributed by atoms with Crippen molar-refractivity contribution in [2.45, 2.75) is 13.0 Å². The number of hydrogen-bond acceptors (Lipinski definition) is 3. The standard InChI is InChI=1S/C23H28N2O3/c1-18-7-9-19(10-8-18)21(17-25-13-15-28-16-14-25)24-23(26)12-11-20-5-3-4-6-22(20)27-2/h3-12,21H,13-17H2,1-2H3,(H,24,26)/p+1/b12-11+/t21-/m0/s1. The van der Waals surface area contributed by atoms with Gasteiger partial charge in [-0.25, -0.2) is 0 Å². The summed E-state index contributed by atoms with van der Waals surface area (Å²) in [5.74, 6) is 0.642. The molecule has 1 saturated heterocycles. The molecule has 2 aromatic carbocycles. The van der Waals surface area contributed by atoms with Crippen molar-refractivity contribution in [3.63, 3.8) is 0 Å². The molecule has 0 unspecified atom stereocenters. The molecule has 1 fully saturated rings. The first-order valence-corrected chi connectivity index (χ1v) is 9.75. The van der Waals surface area contributed by atoms with Gasteiger partial charge in [0.05, 0.1) is 20.3 Å². The molecular weight excluding hydrogens is 352 g/mol. The zero-order valence-corrected chi connectivity index (χ0v) is 16.6. The Hall–Kier alpha value is -2.63. The van der Waals surface area contributed by atoms with E-state index in [1.54, 1.807) is 19.3 Å². The van der Waals surface area contributed by atoms with Crippen molar-refractivity contribution in [3.8, 4) is 5.75 Å². The predicted octanol–water partition coefficient (Wildman–Crippen LogP) is 1.79. The summed E-state index contributed by atoms with van der Waals surface area (Å²) in [4.78, 5) is 14.1. The number of para-hydroxylation sites is 1. The lowest BCUT2D eigenvalue weighted by Crippen LogP contribution is -3.14. The minimum Gasteiger partial charge on any atom is -0.496 e. The lowest BCUT2D eigenvalue weighted by molar-refractivity contribution is -0.909. The molecule has 0 saturated carbocycles. The quantitative estimate of drug-likeness (QED) is 0.719. The van der Waals surface area contributed by atoms with Crippen LogP contribution in [-0.4, -0.2) is 45.9 Å². The lowest BCUT2D eigenvalue weighted by Gasteiger charge is -2.28. The van der Waals surface area contributed by atoms with E-state index in [0.717, 1.165) is 49.7 Å². The van der Waals surface area contributed by atoms with E-state index >= 15 is 0 Å². The SMILES string of the molecule is COc1ccccc1/C=C/C(=O)N[C@@H](C[NH+]1CCOCC1)c1ccc(C)cc1. The highest BCUT2D eigenvalue weighted by atomic mass is 16.5. The van der Waals surface area contributed by atoms with E-state index in [2.05, 4.69) is 36.5 Å². The number of methoxy groups -OCH3 is 1. The molecule has 0 aromatic heterocycles. The van der Waals surface area contributed by atoms with Crippen LogP contribution in [-0.2, 0) is 9.53 Å². The Kier molecular flexibility index (Phi) is 7.23. The third-order valence-corrected chi connectivity index (χ3v) is 5.04. The van der Waals surface area contributed by atoms with Crippen molar-refractivity contribution in [1.29, 1.82) is 0 Å². The van der Waals surface area contributed by atoms with Gasteiger partial charge in [0.15, 0.2) is 0 Å². The van der Waals surface area contributed by atoms with E-state index in [9.17, 15) is 4.79 Å². The Morgan fingerprint density at radius 3 is 2.61 bits per heavy atom. The highest BCUT2D eigenvalue weighted by molar-refractivity contribution is 5.92. The Morgan fingerprint density at radius 2 is 1.89 bits per heavy atom. The van der Waals surface area contributed by atoms with Crippen LogP contribution in [0.3, 0.4) is 0 Å². The van der Waals surface area contributed by atoms with Crippen molar-refractivity contribution >= 4 is 12.0 Å². The van der Waals surface area contributed by atoms with Crippen molar-refractivity contribution in [1.82, 2.24) is 5.32 Å². The molecule has 5 heteroatoms. The maximum Gasteiger partial charge on any atom is 0.244 e. The largest absolute Gasteiger partial charge is 0.496 e. The normalized spacial score (nSPS) is 16.1. The smallest absolute Gasteiger partial charge is 0.244 e. The van der Waals surface area contributed by atoms with Crippen LogP contribution >= 0.6 is 0 Å². The Morgan fingerprint density at radius 1 is 1.18 bits per heavy atom. The highest BCUT2D eigenvalue weighted by Gasteiger charge is 2.22. The molecule has 2 N–H and O–H groups in total. The molecule has 1 amide bonds. The fourth-order valence-corrected chi connectivity index (χ4v) is 3.39. The van der Waals surface area contributed by atoms with Crippen LogP contribution in [0, 0.1) is 6.92 Å². The van der Waals surface area contributed by atoms with Gasteiger partial charge < -0.3 is 19.7 Å². The summed E-state index contributed by atoms with van der Waals surface area (Å²) >= 11 is 0. The van der Waals surface area contributed by atoms with Gasteiger partial charge in [-0.3, -0.25) is 4.79 Å². The molecule has 0 bridgehead atoms. The fraction of sp³-hybridized carbons (Fsp3) is 0.348. The molecule has 148 valence electrons. The molecule has 28 heavy (non-hydrogen) atoms. The molecular formula is C23H29N2O3+. The van der Waals surface area contributed by atoms with Crippen molar-refractivity contribution in [2.75, 3.05) is 40.0 Å².